The fourth-order valence-corrected chi connectivity index (χ4v) is 2.96. The summed E-state index contributed by atoms with van der Waals surface area (Å²) in [7, 11) is 0. The van der Waals surface area contributed by atoms with E-state index in [-0.39, 0.29) is 5.69 Å². The van der Waals surface area contributed by atoms with Gasteiger partial charge in [-0.05, 0) is 25.2 Å². The van der Waals surface area contributed by atoms with Crippen LogP contribution in [0, 0.1) is 5.92 Å². The molecule has 1 heterocycles. The molecule has 2 atom stereocenters. The molecule has 0 radical (unpaired) electrons. The zero-order chi connectivity index (χ0) is 13.1. The molecule has 0 saturated heterocycles. The summed E-state index contributed by atoms with van der Waals surface area (Å²) in [5.74, 6) is -0.230. The first-order valence-corrected chi connectivity index (χ1v) is 6.84. The first-order chi connectivity index (χ1) is 8.67. The van der Waals surface area contributed by atoms with Gasteiger partial charge in [-0.25, -0.2) is 9.48 Å². The van der Waals surface area contributed by atoms with Crippen molar-refractivity contribution in [2.75, 3.05) is 0 Å². The molecule has 0 aliphatic heterocycles. The second-order valence-corrected chi connectivity index (χ2v) is 5.08. The number of carboxylic acids is 1. The largest absolute Gasteiger partial charge is 0.476 e. The van der Waals surface area contributed by atoms with Crippen LogP contribution in [-0.4, -0.2) is 26.1 Å². The standard InChI is InChI=1S/C13H21N3O2/c1-3-9-6-5-7-10(8-9)16-11(4-2)12(13(17)18)14-15-16/h9-10H,3-8H2,1-2H3,(H,17,18). The Balaban J connectivity index is 2.24. The Bertz CT molecular complexity index is 428. The number of aromatic carboxylic acids is 1. The maximum atomic E-state index is 11.1. The van der Waals surface area contributed by atoms with Crippen molar-refractivity contribution in [2.24, 2.45) is 5.92 Å². The number of carbonyl (C=O) groups is 1. The topological polar surface area (TPSA) is 68.0 Å². The van der Waals surface area contributed by atoms with E-state index in [1.165, 1.54) is 19.3 Å². The van der Waals surface area contributed by atoms with Gasteiger partial charge >= 0.3 is 5.97 Å². The van der Waals surface area contributed by atoms with Gasteiger partial charge < -0.3 is 5.11 Å². The number of hydrogen-bond acceptors (Lipinski definition) is 3. The van der Waals surface area contributed by atoms with Gasteiger partial charge in [-0.2, -0.15) is 0 Å². The van der Waals surface area contributed by atoms with Gasteiger partial charge in [-0.3, -0.25) is 0 Å². The molecule has 5 heteroatoms. The molecule has 0 amide bonds. The van der Waals surface area contributed by atoms with Crippen LogP contribution in [0.25, 0.3) is 0 Å². The Morgan fingerprint density at radius 2 is 2.22 bits per heavy atom. The molecule has 1 saturated carbocycles. The molecule has 18 heavy (non-hydrogen) atoms. The zero-order valence-electron chi connectivity index (χ0n) is 11.1. The molecule has 0 spiro atoms. The highest BCUT2D eigenvalue weighted by molar-refractivity contribution is 5.86. The Kier molecular flexibility index (Phi) is 3.99. The van der Waals surface area contributed by atoms with Gasteiger partial charge in [0, 0.05) is 0 Å². The molecular formula is C13H21N3O2. The Labute approximate surface area is 107 Å². The molecule has 5 nitrogen and oxygen atoms in total. The molecule has 1 aromatic rings. The van der Waals surface area contributed by atoms with Crippen LogP contribution in [0.1, 0.15) is 68.2 Å². The van der Waals surface area contributed by atoms with E-state index in [4.69, 9.17) is 5.11 Å². The van der Waals surface area contributed by atoms with Crippen molar-refractivity contribution in [3.8, 4) is 0 Å². The zero-order valence-corrected chi connectivity index (χ0v) is 11.1. The van der Waals surface area contributed by atoms with Crippen LogP contribution in [0.2, 0.25) is 0 Å². The summed E-state index contributed by atoms with van der Waals surface area (Å²) in [5, 5.41) is 17.0. The van der Waals surface area contributed by atoms with E-state index in [0.717, 1.165) is 24.5 Å². The quantitative estimate of drug-likeness (QED) is 0.893. The molecule has 0 aromatic carbocycles. The van der Waals surface area contributed by atoms with E-state index in [1.54, 1.807) is 0 Å². The molecule has 100 valence electrons. The van der Waals surface area contributed by atoms with Crippen molar-refractivity contribution in [1.29, 1.82) is 0 Å². The Morgan fingerprint density at radius 3 is 2.83 bits per heavy atom. The maximum absolute atomic E-state index is 11.1. The highest BCUT2D eigenvalue weighted by Crippen LogP contribution is 2.34. The normalized spacial score (nSPS) is 24.1. The lowest BCUT2D eigenvalue weighted by Gasteiger charge is -2.29. The van der Waals surface area contributed by atoms with Crippen molar-refractivity contribution in [1.82, 2.24) is 15.0 Å². The monoisotopic (exact) mass is 251 g/mol. The maximum Gasteiger partial charge on any atom is 0.358 e. The summed E-state index contributed by atoms with van der Waals surface area (Å²) in [6.45, 7) is 4.18. The van der Waals surface area contributed by atoms with Crippen LogP contribution in [0.3, 0.4) is 0 Å². The highest BCUT2D eigenvalue weighted by Gasteiger charge is 2.27. The molecule has 1 aliphatic carbocycles. The van der Waals surface area contributed by atoms with Gasteiger partial charge in [0.15, 0.2) is 5.69 Å². The van der Waals surface area contributed by atoms with Crippen LogP contribution in [0.15, 0.2) is 0 Å². The van der Waals surface area contributed by atoms with E-state index >= 15 is 0 Å². The fraction of sp³-hybridized carbons (Fsp3) is 0.769. The van der Waals surface area contributed by atoms with Crippen LogP contribution in [0.4, 0.5) is 0 Å². The molecule has 2 rings (SSSR count). The van der Waals surface area contributed by atoms with Crippen molar-refractivity contribution >= 4 is 5.97 Å². The molecular weight excluding hydrogens is 230 g/mol. The van der Waals surface area contributed by atoms with E-state index in [0.29, 0.717) is 12.5 Å². The van der Waals surface area contributed by atoms with E-state index in [9.17, 15) is 4.79 Å². The summed E-state index contributed by atoms with van der Waals surface area (Å²) < 4.78 is 1.87. The van der Waals surface area contributed by atoms with Crippen molar-refractivity contribution < 1.29 is 9.90 Å². The SMILES string of the molecule is CCc1c(C(=O)O)nnn1C1CCCC(CC)C1. The molecule has 2 unspecified atom stereocenters. The summed E-state index contributed by atoms with van der Waals surface area (Å²) >= 11 is 0. The fourth-order valence-electron chi connectivity index (χ4n) is 2.96. The van der Waals surface area contributed by atoms with Gasteiger partial charge in [0.2, 0.25) is 0 Å². The second kappa shape index (κ2) is 5.50. The number of nitrogens with zero attached hydrogens (tertiary/aromatic N) is 3. The average Bonchev–Trinajstić information content (AvgIpc) is 2.82. The molecule has 1 fully saturated rings. The number of carboxylic acid groups (broad SMARTS) is 1. The van der Waals surface area contributed by atoms with Crippen LogP contribution < -0.4 is 0 Å². The summed E-state index contributed by atoms with van der Waals surface area (Å²) in [6.07, 6.45) is 6.54. The minimum atomic E-state index is -0.971. The van der Waals surface area contributed by atoms with E-state index in [2.05, 4.69) is 17.2 Å². The minimum Gasteiger partial charge on any atom is -0.476 e. The number of hydrogen-bond donors (Lipinski definition) is 1. The van der Waals surface area contributed by atoms with Gasteiger partial charge in [-0.1, -0.05) is 38.3 Å². The van der Waals surface area contributed by atoms with Crippen molar-refractivity contribution in [3.05, 3.63) is 11.4 Å². The second-order valence-electron chi connectivity index (χ2n) is 5.08. The third kappa shape index (κ3) is 2.40. The van der Waals surface area contributed by atoms with E-state index in [1.807, 2.05) is 11.6 Å². The predicted molar refractivity (Wildman–Crippen MR) is 67.6 cm³/mol. The smallest absolute Gasteiger partial charge is 0.358 e. The summed E-state index contributed by atoms with van der Waals surface area (Å²) in [6, 6.07) is 0.333. The van der Waals surface area contributed by atoms with Gasteiger partial charge in [0.05, 0.1) is 11.7 Å². The van der Waals surface area contributed by atoms with Crippen LogP contribution in [0.5, 0.6) is 0 Å². The summed E-state index contributed by atoms with van der Waals surface area (Å²) in [5.41, 5.74) is 0.889. The lowest BCUT2D eigenvalue weighted by molar-refractivity contribution is 0.0689. The van der Waals surface area contributed by atoms with Gasteiger partial charge in [-0.15, -0.1) is 5.10 Å². The molecule has 0 bridgehead atoms. The van der Waals surface area contributed by atoms with Gasteiger partial charge in [0.25, 0.3) is 0 Å². The summed E-state index contributed by atoms with van der Waals surface area (Å²) in [4.78, 5) is 11.1. The van der Waals surface area contributed by atoms with E-state index < -0.39 is 5.97 Å². The predicted octanol–water partition coefficient (Wildman–Crippen LogP) is 2.68. The Hall–Kier alpha value is -1.39. The molecule has 1 aliphatic rings. The van der Waals surface area contributed by atoms with Gasteiger partial charge in [0.1, 0.15) is 0 Å². The lowest BCUT2D eigenvalue weighted by atomic mass is 9.84. The third-order valence-corrected chi connectivity index (χ3v) is 4.01. The number of aromatic nitrogens is 3. The van der Waals surface area contributed by atoms with Crippen LogP contribution >= 0.6 is 0 Å². The van der Waals surface area contributed by atoms with Crippen molar-refractivity contribution in [3.63, 3.8) is 0 Å². The highest BCUT2D eigenvalue weighted by atomic mass is 16.4. The first kappa shape index (κ1) is 13.1. The first-order valence-electron chi connectivity index (χ1n) is 6.84. The minimum absolute atomic E-state index is 0.121. The number of rotatable bonds is 4. The molecule has 1 N–H and O–H groups in total. The lowest BCUT2D eigenvalue weighted by Crippen LogP contribution is -2.21. The average molecular weight is 251 g/mol. The Morgan fingerprint density at radius 1 is 1.44 bits per heavy atom. The van der Waals surface area contributed by atoms with Crippen LogP contribution in [-0.2, 0) is 6.42 Å². The molecule has 1 aromatic heterocycles. The van der Waals surface area contributed by atoms with Crippen molar-refractivity contribution in [2.45, 2.75) is 58.4 Å². The third-order valence-electron chi connectivity index (χ3n) is 4.01.